The summed E-state index contributed by atoms with van der Waals surface area (Å²) in [4.78, 5) is 0. The van der Waals surface area contributed by atoms with Crippen molar-refractivity contribution in [3.05, 3.63) is 34.1 Å². The van der Waals surface area contributed by atoms with Crippen LogP contribution in [0.15, 0.2) is 6.07 Å². The molecule has 0 saturated heterocycles. The highest BCUT2D eigenvalue weighted by Crippen LogP contribution is 2.39. The number of fused-ring (bicyclic) bond motifs is 1. The van der Waals surface area contributed by atoms with Crippen LogP contribution in [-0.4, -0.2) is 0 Å². The Morgan fingerprint density at radius 2 is 2.06 bits per heavy atom. The highest BCUT2D eigenvalue weighted by Gasteiger charge is 2.24. The largest absolute Gasteiger partial charge is 0.206 e. The molecule has 2 rings (SSSR count). The number of alkyl halides is 1. The van der Waals surface area contributed by atoms with Crippen molar-refractivity contribution in [3.8, 4) is 0 Å². The van der Waals surface area contributed by atoms with Gasteiger partial charge in [-0.3, -0.25) is 0 Å². The third-order valence-electron chi connectivity index (χ3n) is 3.65. The van der Waals surface area contributed by atoms with Gasteiger partial charge in [0.1, 0.15) is 5.82 Å². The van der Waals surface area contributed by atoms with Crippen LogP contribution in [0.5, 0.6) is 0 Å². The van der Waals surface area contributed by atoms with Crippen LogP contribution in [0.25, 0.3) is 0 Å². The van der Waals surface area contributed by atoms with Gasteiger partial charge >= 0.3 is 0 Å². The number of benzene rings is 1. The average Bonchev–Trinajstić information content (AvgIpc) is 2.35. The number of hydrogen-bond acceptors (Lipinski definition) is 0. The lowest BCUT2D eigenvalue weighted by atomic mass is 9.94. The lowest BCUT2D eigenvalue weighted by Crippen LogP contribution is -2.03. The van der Waals surface area contributed by atoms with Crippen molar-refractivity contribution in [1.82, 2.24) is 0 Å². The second-order valence-corrected chi connectivity index (χ2v) is 5.58. The van der Waals surface area contributed by atoms with Gasteiger partial charge < -0.3 is 0 Å². The second-order valence-electron chi connectivity index (χ2n) is 5.05. The fourth-order valence-electron chi connectivity index (χ4n) is 2.69. The molecule has 0 spiro atoms. The van der Waals surface area contributed by atoms with Crippen molar-refractivity contribution < 1.29 is 4.39 Å². The summed E-state index contributed by atoms with van der Waals surface area (Å²) in [6.07, 6.45) is 3.14. The fourth-order valence-corrected chi connectivity index (χ4v) is 3.30. The molecule has 0 radical (unpaired) electrons. The van der Waals surface area contributed by atoms with Gasteiger partial charge in [0.2, 0.25) is 0 Å². The van der Waals surface area contributed by atoms with Crippen LogP contribution in [-0.2, 0) is 6.42 Å². The Labute approximate surface area is 102 Å². The first kappa shape index (κ1) is 11.9. The zero-order chi connectivity index (χ0) is 11.9. The van der Waals surface area contributed by atoms with E-state index in [1.165, 1.54) is 5.56 Å². The molecule has 1 aliphatic rings. The van der Waals surface area contributed by atoms with Crippen molar-refractivity contribution in [1.29, 1.82) is 0 Å². The molecule has 0 bridgehead atoms. The molecule has 2 atom stereocenters. The summed E-state index contributed by atoms with van der Waals surface area (Å²) >= 11 is 6.41. The quantitative estimate of drug-likeness (QED) is 0.456. The molecule has 1 aromatic carbocycles. The van der Waals surface area contributed by atoms with Crippen LogP contribution in [0, 0.1) is 25.6 Å². The van der Waals surface area contributed by atoms with Crippen molar-refractivity contribution in [2.24, 2.45) is 5.92 Å². The SMILES string of the molecule is Cc1cc2c(c(C)c1F)C(Cl)CC(C)CC2. The molecule has 1 aromatic rings. The first-order valence-corrected chi connectivity index (χ1v) is 6.37. The van der Waals surface area contributed by atoms with Crippen LogP contribution in [0.1, 0.15) is 47.4 Å². The molecule has 1 aliphatic carbocycles. The number of rotatable bonds is 0. The normalized spacial score (nSPS) is 25.1. The molecule has 0 fully saturated rings. The average molecular weight is 241 g/mol. The Bertz CT molecular complexity index is 412. The second kappa shape index (κ2) is 4.37. The maximum atomic E-state index is 13.9. The Morgan fingerprint density at radius 1 is 1.38 bits per heavy atom. The highest BCUT2D eigenvalue weighted by molar-refractivity contribution is 6.21. The van der Waals surface area contributed by atoms with E-state index >= 15 is 0 Å². The van der Waals surface area contributed by atoms with Gasteiger partial charge in [0.25, 0.3) is 0 Å². The molecule has 2 unspecified atom stereocenters. The van der Waals surface area contributed by atoms with E-state index in [9.17, 15) is 4.39 Å². The predicted octanol–water partition coefficient (Wildman–Crippen LogP) is 4.69. The molecular weight excluding hydrogens is 223 g/mol. The molecule has 2 heteroatoms. The topological polar surface area (TPSA) is 0 Å². The summed E-state index contributed by atoms with van der Waals surface area (Å²) < 4.78 is 13.9. The van der Waals surface area contributed by atoms with Gasteiger partial charge in [0.05, 0.1) is 5.38 Å². The lowest BCUT2D eigenvalue weighted by Gasteiger charge is -2.17. The van der Waals surface area contributed by atoms with Crippen molar-refractivity contribution in [2.45, 2.75) is 45.4 Å². The first-order valence-electron chi connectivity index (χ1n) is 5.93. The van der Waals surface area contributed by atoms with Gasteiger partial charge in [0.15, 0.2) is 0 Å². The Balaban J connectivity index is 2.56. The molecule has 0 heterocycles. The summed E-state index contributed by atoms with van der Waals surface area (Å²) in [7, 11) is 0. The molecule has 0 N–H and O–H groups in total. The molecule has 88 valence electrons. The van der Waals surface area contributed by atoms with E-state index in [2.05, 4.69) is 6.92 Å². The predicted molar refractivity (Wildman–Crippen MR) is 66.6 cm³/mol. The third kappa shape index (κ3) is 1.98. The number of halogens is 2. The summed E-state index contributed by atoms with van der Waals surface area (Å²) in [6.45, 7) is 5.91. The van der Waals surface area contributed by atoms with Gasteiger partial charge in [-0.1, -0.05) is 13.0 Å². The Hall–Kier alpha value is -0.560. The van der Waals surface area contributed by atoms with Crippen LogP contribution in [0.4, 0.5) is 4.39 Å². The van der Waals surface area contributed by atoms with Gasteiger partial charge in [0, 0.05) is 0 Å². The summed E-state index contributed by atoms with van der Waals surface area (Å²) in [5.74, 6) is 0.539. The molecule has 0 aromatic heterocycles. The van der Waals surface area contributed by atoms with Crippen LogP contribution in [0.2, 0.25) is 0 Å². The van der Waals surface area contributed by atoms with E-state index in [1.807, 2.05) is 19.9 Å². The summed E-state index contributed by atoms with van der Waals surface area (Å²) in [5.41, 5.74) is 3.80. The summed E-state index contributed by atoms with van der Waals surface area (Å²) in [6, 6.07) is 1.98. The lowest BCUT2D eigenvalue weighted by molar-refractivity contribution is 0.502. The Kier molecular flexibility index (Phi) is 3.25. The Morgan fingerprint density at radius 3 is 2.75 bits per heavy atom. The smallest absolute Gasteiger partial charge is 0.129 e. The van der Waals surface area contributed by atoms with Gasteiger partial charge in [-0.15, -0.1) is 11.6 Å². The van der Waals surface area contributed by atoms with Gasteiger partial charge in [-0.05, 0) is 61.3 Å². The molecular formula is C14H18ClF. The van der Waals surface area contributed by atoms with E-state index in [1.54, 1.807) is 0 Å². The van der Waals surface area contributed by atoms with E-state index in [4.69, 9.17) is 11.6 Å². The number of aryl methyl sites for hydroxylation is 2. The molecule has 0 nitrogen and oxygen atoms in total. The van der Waals surface area contributed by atoms with E-state index < -0.39 is 0 Å². The number of hydrogen-bond donors (Lipinski definition) is 0. The zero-order valence-electron chi connectivity index (χ0n) is 10.1. The molecule has 0 aliphatic heterocycles. The zero-order valence-corrected chi connectivity index (χ0v) is 10.9. The summed E-state index contributed by atoms with van der Waals surface area (Å²) in [5, 5.41) is -0.0254. The fraction of sp³-hybridized carbons (Fsp3) is 0.571. The monoisotopic (exact) mass is 240 g/mol. The van der Waals surface area contributed by atoms with Gasteiger partial charge in [-0.25, -0.2) is 4.39 Å². The van der Waals surface area contributed by atoms with Crippen molar-refractivity contribution >= 4 is 11.6 Å². The minimum atomic E-state index is -0.0843. The third-order valence-corrected chi connectivity index (χ3v) is 4.04. The van der Waals surface area contributed by atoms with E-state index in [0.717, 1.165) is 36.0 Å². The van der Waals surface area contributed by atoms with Crippen molar-refractivity contribution in [3.63, 3.8) is 0 Å². The van der Waals surface area contributed by atoms with Gasteiger partial charge in [-0.2, -0.15) is 0 Å². The highest BCUT2D eigenvalue weighted by atomic mass is 35.5. The standard InChI is InChI=1S/C14H18ClF/c1-8-4-5-11-7-9(2)14(16)10(3)13(11)12(15)6-8/h7-8,12H,4-6H2,1-3H3. The maximum Gasteiger partial charge on any atom is 0.129 e. The molecule has 0 amide bonds. The minimum absolute atomic E-state index is 0.0254. The van der Waals surface area contributed by atoms with Crippen molar-refractivity contribution in [2.75, 3.05) is 0 Å². The molecule has 16 heavy (non-hydrogen) atoms. The van der Waals surface area contributed by atoms with E-state index in [0.29, 0.717) is 5.92 Å². The van der Waals surface area contributed by atoms with E-state index in [-0.39, 0.29) is 11.2 Å². The van der Waals surface area contributed by atoms with Crippen LogP contribution < -0.4 is 0 Å². The first-order chi connectivity index (χ1) is 7.50. The van der Waals surface area contributed by atoms with Crippen LogP contribution in [0.3, 0.4) is 0 Å². The minimum Gasteiger partial charge on any atom is -0.206 e. The van der Waals surface area contributed by atoms with Crippen LogP contribution >= 0.6 is 11.6 Å². The maximum absolute atomic E-state index is 13.9. The molecule has 0 saturated carbocycles.